The molecule has 0 aliphatic rings. The number of hydrogen-bond donors (Lipinski definition) is 2. The van der Waals surface area contributed by atoms with Crippen LogP contribution in [-0.4, -0.2) is 11.1 Å². The normalized spacial score (nSPS) is 12.6. The molecule has 3 N–H and O–H groups in total. The van der Waals surface area contributed by atoms with Gasteiger partial charge in [-0.1, -0.05) is 6.07 Å². The highest BCUT2D eigenvalue weighted by Gasteiger charge is 2.30. The number of aliphatic carboxylic acids is 1. The maximum Gasteiger partial charge on any atom is 0.416 e. The molecule has 0 saturated heterocycles. The van der Waals surface area contributed by atoms with Gasteiger partial charge in [0.15, 0.2) is 0 Å². The number of rotatable bonds is 2. The average molecular weight is 245 g/mol. The Kier molecular flexibility index (Phi) is 3.45. The Balaban J connectivity index is 3.15. The molecule has 1 rings (SSSR count). The van der Waals surface area contributed by atoms with E-state index in [1.54, 1.807) is 0 Å². The summed E-state index contributed by atoms with van der Waals surface area (Å²) >= 11 is 0. The fraction of sp³-hybridized carbons (Fsp3) is 0.182. The third-order valence-electron chi connectivity index (χ3n) is 2.16. The fourth-order valence-electron chi connectivity index (χ4n) is 1.24. The van der Waals surface area contributed by atoms with Gasteiger partial charge in [0.05, 0.1) is 5.56 Å². The summed E-state index contributed by atoms with van der Waals surface area (Å²) in [4.78, 5) is 10.5. The number of carbonyl (C=O) groups is 1. The monoisotopic (exact) mass is 245 g/mol. The van der Waals surface area contributed by atoms with Gasteiger partial charge in [-0.25, -0.2) is 4.79 Å². The van der Waals surface area contributed by atoms with E-state index in [9.17, 15) is 18.0 Å². The first-order valence-corrected chi connectivity index (χ1v) is 4.60. The van der Waals surface area contributed by atoms with E-state index in [1.165, 1.54) is 13.0 Å². The van der Waals surface area contributed by atoms with E-state index in [1.807, 2.05) is 0 Å². The molecule has 6 heteroatoms. The maximum absolute atomic E-state index is 12.4. The zero-order chi connectivity index (χ0) is 13.2. The van der Waals surface area contributed by atoms with E-state index in [2.05, 4.69) is 0 Å². The lowest BCUT2D eigenvalue weighted by Gasteiger charge is -2.09. The molecule has 0 aliphatic heterocycles. The SMILES string of the molecule is Cc1cc(C(F)(F)F)ccc1/C=C(/N)C(=O)O. The maximum atomic E-state index is 12.4. The lowest BCUT2D eigenvalue weighted by Crippen LogP contribution is -2.10. The Morgan fingerprint density at radius 3 is 2.41 bits per heavy atom. The van der Waals surface area contributed by atoms with E-state index < -0.39 is 23.4 Å². The smallest absolute Gasteiger partial charge is 0.416 e. The van der Waals surface area contributed by atoms with Crippen LogP contribution in [0.3, 0.4) is 0 Å². The van der Waals surface area contributed by atoms with Crippen LogP contribution in [0.4, 0.5) is 13.2 Å². The zero-order valence-electron chi connectivity index (χ0n) is 8.88. The minimum atomic E-state index is -4.41. The van der Waals surface area contributed by atoms with Crippen LogP contribution in [-0.2, 0) is 11.0 Å². The summed E-state index contributed by atoms with van der Waals surface area (Å²) < 4.78 is 37.1. The fourth-order valence-corrected chi connectivity index (χ4v) is 1.24. The van der Waals surface area contributed by atoms with Crippen molar-refractivity contribution in [1.82, 2.24) is 0 Å². The van der Waals surface area contributed by atoms with Crippen molar-refractivity contribution in [3.05, 3.63) is 40.6 Å². The first-order chi connectivity index (χ1) is 7.71. The summed E-state index contributed by atoms with van der Waals surface area (Å²) in [5.41, 5.74) is 4.64. The number of halogens is 3. The van der Waals surface area contributed by atoms with Crippen molar-refractivity contribution in [2.75, 3.05) is 0 Å². The standard InChI is InChI=1S/C11H10F3NO2/c1-6-4-8(11(12,13)14)3-2-7(6)5-9(15)10(16)17/h2-5H,15H2,1H3,(H,16,17)/b9-5+. The van der Waals surface area contributed by atoms with Crippen molar-refractivity contribution in [3.8, 4) is 0 Å². The summed E-state index contributed by atoms with van der Waals surface area (Å²) in [6, 6.07) is 3.02. The van der Waals surface area contributed by atoms with Gasteiger partial charge in [-0.15, -0.1) is 0 Å². The Morgan fingerprint density at radius 1 is 1.41 bits per heavy atom. The molecule has 0 saturated carbocycles. The van der Waals surface area contributed by atoms with Gasteiger partial charge in [0.1, 0.15) is 5.70 Å². The first-order valence-electron chi connectivity index (χ1n) is 4.60. The van der Waals surface area contributed by atoms with E-state index in [0.717, 1.165) is 18.2 Å². The average Bonchev–Trinajstić information content (AvgIpc) is 2.19. The summed E-state index contributed by atoms with van der Waals surface area (Å²) in [6.45, 7) is 1.45. The Hall–Kier alpha value is -1.98. The molecule has 0 fully saturated rings. The van der Waals surface area contributed by atoms with Crippen LogP contribution in [0.15, 0.2) is 23.9 Å². The van der Waals surface area contributed by atoms with Crippen LogP contribution >= 0.6 is 0 Å². The van der Waals surface area contributed by atoms with Crippen LogP contribution in [0.2, 0.25) is 0 Å². The number of aryl methyl sites for hydroxylation is 1. The molecule has 92 valence electrons. The van der Waals surface area contributed by atoms with Crippen LogP contribution < -0.4 is 5.73 Å². The van der Waals surface area contributed by atoms with Crippen molar-refractivity contribution in [1.29, 1.82) is 0 Å². The molecular weight excluding hydrogens is 235 g/mol. The van der Waals surface area contributed by atoms with Gasteiger partial charge in [0.25, 0.3) is 0 Å². The molecule has 0 unspecified atom stereocenters. The minimum absolute atomic E-state index is 0.309. The molecule has 1 aromatic carbocycles. The predicted molar refractivity (Wildman–Crippen MR) is 56.0 cm³/mol. The largest absolute Gasteiger partial charge is 0.477 e. The topological polar surface area (TPSA) is 63.3 Å². The molecule has 0 aliphatic carbocycles. The Labute approximate surface area is 95.4 Å². The van der Waals surface area contributed by atoms with Crippen molar-refractivity contribution >= 4 is 12.0 Å². The quantitative estimate of drug-likeness (QED) is 0.786. The first kappa shape index (κ1) is 13.1. The molecule has 0 heterocycles. The van der Waals surface area contributed by atoms with Gasteiger partial charge >= 0.3 is 12.1 Å². The van der Waals surface area contributed by atoms with Crippen LogP contribution in [0.25, 0.3) is 6.08 Å². The second-order valence-corrected chi connectivity index (χ2v) is 3.47. The highest BCUT2D eigenvalue weighted by atomic mass is 19.4. The highest BCUT2D eigenvalue weighted by molar-refractivity contribution is 5.91. The molecule has 0 spiro atoms. The third-order valence-corrected chi connectivity index (χ3v) is 2.16. The van der Waals surface area contributed by atoms with Gasteiger partial charge in [-0.05, 0) is 36.3 Å². The van der Waals surface area contributed by atoms with Crippen LogP contribution in [0, 0.1) is 6.92 Å². The molecule has 0 aromatic heterocycles. The molecule has 1 aromatic rings. The summed E-state index contributed by atoms with van der Waals surface area (Å²) in [5, 5.41) is 8.54. The molecule has 17 heavy (non-hydrogen) atoms. The van der Waals surface area contributed by atoms with Crippen molar-refractivity contribution < 1.29 is 23.1 Å². The lowest BCUT2D eigenvalue weighted by atomic mass is 10.0. The molecule has 0 bridgehead atoms. The summed E-state index contributed by atoms with van der Waals surface area (Å²) in [7, 11) is 0. The van der Waals surface area contributed by atoms with Crippen LogP contribution in [0.5, 0.6) is 0 Å². The van der Waals surface area contributed by atoms with Gasteiger partial charge in [-0.3, -0.25) is 0 Å². The van der Waals surface area contributed by atoms with Crippen molar-refractivity contribution in [3.63, 3.8) is 0 Å². The molecular formula is C11H10F3NO2. The molecule has 3 nitrogen and oxygen atoms in total. The Bertz CT molecular complexity index is 478. The second kappa shape index (κ2) is 4.48. The number of carboxylic acids is 1. The van der Waals surface area contributed by atoms with E-state index in [0.29, 0.717) is 11.1 Å². The van der Waals surface area contributed by atoms with Gasteiger partial charge in [-0.2, -0.15) is 13.2 Å². The summed E-state index contributed by atoms with van der Waals surface area (Å²) in [5.74, 6) is -1.32. The van der Waals surface area contributed by atoms with Gasteiger partial charge in [0.2, 0.25) is 0 Å². The molecule has 0 radical (unpaired) electrons. The zero-order valence-corrected chi connectivity index (χ0v) is 8.88. The number of benzene rings is 1. The second-order valence-electron chi connectivity index (χ2n) is 3.47. The van der Waals surface area contributed by atoms with E-state index in [-0.39, 0.29) is 0 Å². The number of nitrogens with two attached hydrogens (primary N) is 1. The number of hydrogen-bond acceptors (Lipinski definition) is 2. The predicted octanol–water partition coefficient (Wildman–Crippen LogP) is 2.40. The minimum Gasteiger partial charge on any atom is -0.477 e. The Morgan fingerprint density at radius 2 is 2.00 bits per heavy atom. The summed E-state index contributed by atoms with van der Waals surface area (Å²) in [6.07, 6.45) is -3.29. The lowest BCUT2D eigenvalue weighted by molar-refractivity contribution is -0.137. The number of carboxylic acid groups (broad SMARTS) is 1. The van der Waals surface area contributed by atoms with Gasteiger partial charge < -0.3 is 10.8 Å². The highest BCUT2D eigenvalue weighted by Crippen LogP contribution is 2.30. The van der Waals surface area contributed by atoms with Crippen LogP contribution in [0.1, 0.15) is 16.7 Å². The van der Waals surface area contributed by atoms with Gasteiger partial charge in [0, 0.05) is 0 Å². The third kappa shape index (κ3) is 3.24. The van der Waals surface area contributed by atoms with Crippen molar-refractivity contribution in [2.45, 2.75) is 13.1 Å². The van der Waals surface area contributed by atoms with E-state index >= 15 is 0 Å². The molecule has 0 amide bonds. The van der Waals surface area contributed by atoms with Crippen molar-refractivity contribution in [2.24, 2.45) is 5.73 Å². The molecule has 0 atom stereocenters. The van der Waals surface area contributed by atoms with E-state index in [4.69, 9.17) is 10.8 Å². The number of alkyl halides is 3.